The van der Waals surface area contributed by atoms with Crippen LogP contribution in [-0.4, -0.2) is 25.5 Å². The zero-order chi connectivity index (χ0) is 18.4. The van der Waals surface area contributed by atoms with Gasteiger partial charge in [0.1, 0.15) is 0 Å². The van der Waals surface area contributed by atoms with E-state index in [0.29, 0.717) is 12.2 Å². The summed E-state index contributed by atoms with van der Waals surface area (Å²) in [6.45, 7) is 0.381. The molecule has 0 saturated heterocycles. The molecule has 1 aliphatic carbocycles. The highest BCUT2D eigenvalue weighted by Crippen LogP contribution is 2.21. The molecule has 8 heteroatoms. The van der Waals surface area contributed by atoms with Gasteiger partial charge in [0.25, 0.3) is 0 Å². The molecule has 3 rings (SSSR count). The first-order valence-electron chi connectivity index (χ1n) is 8.59. The third kappa shape index (κ3) is 5.03. The lowest BCUT2D eigenvalue weighted by molar-refractivity contribution is 0.251. The fraction of sp³-hybridized carbons (Fsp3) is 0.333. The van der Waals surface area contributed by atoms with Crippen LogP contribution in [0, 0.1) is 0 Å². The molecule has 0 atom stereocenters. The van der Waals surface area contributed by atoms with E-state index in [-0.39, 0.29) is 17.0 Å². The maximum Gasteiger partial charge on any atom is 0.319 e. The van der Waals surface area contributed by atoms with Gasteiger partial charge in [0, 0.05) is 30.7 Å². The van der Waals surface area contributed by atoms with Gasteiger partial charge in [-0.1, -0.05) is 12.8 Å². The predicted octanol–water partition coefficient (Wildman–Crippen LogP) is 2.62. The van der Waals surface area contributed by atoms with Crippen molar-refractivity contribution < 1.29 is 13.2 Å². The van der Waals surface area contributed by atoms with Crippen molar-refractivity contribution in [3.05, 3.63) is 54.4 Å². The van der Waals surface area contributed by atoms with Crippen LogP contribution in [0.25, 0.3) is 0 Å². The number of hydrogen-bond donors (Lipinski definition) is 3. The number of pyridine rings is 1. The molecule has 0 aliphatic heterocycles. The molecule has 1 saturated carbocycles. The number of carbonyl (C=O) groups is 1. The Morgan fingerprint density at radius 3 is 2.35 bits per heavy atom. The molecule has 0 bridgehead atoms. The lowest BCUT2D eigenvalue weighted by atomic mass is 10.3. The van der Waals surface area contributed by atoms with Crippen molar-refractivity contribution in [3.63, 3.8) is 0 Å². The number of sulfonamides is 1. The van der Waals surface area contributed by atoms with Crippen LogP contribution in [0.4, 0.5) is 10.5 Å². The zero-order valence-electron chi connectivity index (χ0n) is 14.3. The van der Waals surface area contributed by atoms with E-state index in [9.17, 15) is 13.2 Å². The summed E-state index contributed by atoms with van der Waals surface area (Å²) in [5, 5.41) is 5.42. The van der Waals surface area contributed by atoms with Crippen molar-refractivity contribution in [1.29, 1.82) is 0 Å². The number of nitrogens with zero attached hydrogens (tertiary/aromatic N) is 1. The third-order valence-corrected chi connectivity index (χ3v) is 5.84. The molecule has 7 nitrogen and oxygen atoms in total. The summed E-state index contributed by atoms with van der Waals surface area (Å²) in [6, 6.07) is 9.45. The first-order valence-corrected chi connectivity index (χ1v) is 10.1. The lowest BCUT2D eigenvalue weighted by Crippen LogP contribution is -2.32. The van der Waals surface area contributed by atoms with Gasteiger partial charge in [0.2, 0.25) is 10.0 Å². The maximum absolute atomic E-state index is 12.4. The summed E-state index contributed by atoms with van der Waals surface area (Å²) in [5.41, 5.74) is 1.46. The Labute approximate surface area is 153 Å². The molecule has 1 aromatic carbocycles. The Bertz CT molecular complexity index is 832. The van der Waals surface area contributed by atoms with Crippen molar-refractivity contribution >= 4 is 21.7 Å². The van der Waals surface area contributed by atoms with E-state index in [1.807, 2.05) is 12.1 Å². The minimum atomic E-state index is -3.52. The Hall–Kier alpha value is -2.45. The summed E-state index contributed by atoms with van der Waals surface area (Å²) in [6.07, 6.45) is 7.21. The maximum atomic E-state index is 12.4. The Balaban J connectivity index is 1.54. The monoisotopic (exact) mass is 374 g/mol. The van der Waals surface area contributed by atoms with Crippen LogP contribution in [0.5, 0.6) is 0 Å². The van der Waals surface area contributed by atoms with Crippen molar-refractivity contribution in [3.8, 4) is 0 Å². The number of nitrogens with one attached hydrogen (secondary N) is 3. The Morgan fingerprint density at radius 2 is 1.69 bits per heavy atom. The largest absolute Gasteiger partial charge is 0.334 e. The molecule has 1 aliphatic rings. The van der Waals surface area contributed by atoms with Crippen LogP contribution in [0.15, 0.2) is 53.7 Å². The van der Waals surface area contributed by atoms with Crippen LogP contribution in [0.3, 0.4) is 0 Å². The second-order valence-electron chi connectivity index (χ2n) is 6.29. The van der Waals surface area contributed by atoms with Gasteiger partial charge in [-0.15, -0.1) is 0 Å². The van der Waals surface area contributed by atoms with Crippen LogP contribution >= 0.6 is 0 Å². The number of rotatable bonds is 6. The first-order chi connectivity index (χ1) is 12.5. The number of amides is 2. The zero-order valence-corrected chi connectivity index (χ0v) is 15.1. The molecule has 0 spiro atoms. The highest BCUT2D eigenvalue weighted by molar-refractivity contribution is 7.89. The molecule has 0 radical (unpaired) electrons. The predicted molar refractivity (Wildman–Crippen MR) is 99.1 cm³/mol. The van der Waals surface area contributed by atoms with Gasteiger partial charge in [-0.2, -0.15) is 0 Å². The minimum absolute atomic E-state index is 0.0248. The summed E-state index contributed by atoms with van der Waals surface area (Å²) < 4.78 is 27.5. The normalized spacial score (nSPS) is 14.9. The molecular formula is C18H22N4O3S. The molecule has 1 heterocycles. The number of urea groups is 1. The van der Waals surface area contributed by atoms with Crippen LogP contribution < -0.4 is 15.4 Å². The number of anilines is 1. The van der Waals surface area contributed by atoms with Gasteiger partial charge in [-0.25, -0.2) is 17.9 Å². The Kier molecular flexibility index (Phi) is 5.85. The smallest absolute Gasteiger partial charge is 0.319 e. The standard InChI is InChI=1S/C18H22N4O3S/c23-18(20-13-14-9-11-19-12-10-14)21-15-5-7-17(8-6-15)26(24,25)22-16-3-1-2-4-16/h5-12,16,22H,1-4,13H2,(H2,20,21,23). The summed E-state index contributed by atoms with van der Waals surface area (Å²) >= 11 is 0. The van der Waals surface area contributed by atoms with E-state index in [2.05, 4.69) is 20.3 Å². The summed E-state index contributed by atoms with van der Waals surface area (Å²) in [5.74, 6) is 0. The van der Waals surface area contributed by atoms with Crippen LogP contribution in [0.2, 0.25) is 0 Å². The van der Waals surface area contributed by atoms with Gasteiger partial charge in [-0.3, -0.25) is 4.98 Å². The van der Waals surface area contributed by atoms with Gasteiger partial charge in [-0.05, 0) is 54.8 Å². The van der Waals surface area contributed by atoms with Crippen LogP contribution in [0.1, 0.15) is 31.2 Å². The van der Waals surface area contributed by atoms with Crippen LogP contribution in [-0.2, 0) is 16.6 Å². The van der Waals surface area contributed by atoms with E-state index < -0.39 is 10.0 Å². The fourth-order valence-electron chi connectivity index (χ4n) is 2.91. The van der Waals surface area contributed by atoms with E-state index >= 15 is 0 Å². The molecule has 0 unspecified atom stereocenters. The average molecular weight is 374 g/mol. The molecule has 1 aromatic heterocycles. The number of aromatic nitrogens is 1. The van der Waals surface area contributed by atoms with Crippen molar-refractivity contribution in [2.45, 2.75) is 43.2 Å². The van der Waals surface area contributed by atoms with Crippen molar-refractivity contribution in [1.82, 2.24) is 15.0 Å². The third-order valence-electron chi connectivity index (χ3n) is 4.30. The van der Waals surface area contributed by atoms with Gasteiger partial charge in [0.05, 0.1) is 4.90 Å². The fourth-order valence-corrected chi connectivity index (χ4v) is 4.21. The highest BCUT2D eigenvalue weighted by atomic mass is 32.2. The topological polar surface area (TPSA) is 100 Å². The van der Waals surface area contributed by atoms with Gasteiger partial charge >= 0.3 is 6.03 Å². The highest BCUT2D eigenvalue weighted by Gasteiger charge is 2.22. The molecule has 2 amide bonds. The molecule has 3 N–H and O–H groups in total. The number of hydrogen-bond acceptors (Lipinski definition) is 4. The molecule has 138 valence electrons. The summed E-state index contributed by atoms with van der Waals surface area (Å²) in [4.78, 5) is 16.0. The van der Waals surface area contributed by atoms with E-state index in [4.69, 9.17) is 0 Å². The van der Waals surface area contributed by atoms with Crippen molar-refractivity contribution in [2.24, 2.45) is 0 Å². The van der Waals surface area contributed by atoms with Gasteiger partial charge < -0.3 is 10.6 Å². The average Bonchev–Trinajstić information content (AvgIpc) is 3.14. The van der Waals surface area contributed by atoms with E-state index in [0.717, 1.165) is 31.2 Å². The second-order valence-corrected chi connectivity index (χ2v) is 8.00. The molecular weight excluding hydrogens is 352 g/mol. The minimum Gasteiger partial charge on any atom is -0.334 e. The Morgan fingerprint density at radius 1 is 1.04 bits per heavy atom. The first kappa shape index (κ1) is 18.3. The quantitative estimate of drug-likeness (QED) is 0.723. The number of carbonyl (C=O) groups excluding carboxylic acids is 1. The van der Waals surface area contributed by atoms with Crippen molar-refractivity contribution in [2.75, 3.05) is 5.32 Å². The SMILES string of the molecule is O=C(NCc1ccncc1)Nc1ccc(S(=O)(=O)NC2CCCC2)cc1. The van der Waals surface area contributed by atoms with E-state index in [1.54, 1.807) is 24.5 Å². The molecule has 2 aromatic rings. The lowest BCUT2D eigenvalue weighted by Gasteiger charge is -2.13. The summed E-state index contributed by atoms with van der Waals surface area (Å²) in [7, 11) is -3.52. The number of benzene rings is 1. The van der Waals surface area contributed by atoms with Gasteiger partial charge in [0.15, 0.2) is 0 Å². The molecule has 1 fully saturated rings. The second kappa shape index (κ2) is 8.29. The molecule has 26 heavy (non-hydrogen) atoms. The van der Waals surface area contributed by atoms with E-state index in [1.165, 1.54) is 12.1 Å².